The van der Waals surface area contributed by atoms with Crippen molar-refractivity contribution in [1.29, 1.82) is 0 Å². The number of rotatable bonds is 5. The summed E-state index contributed by atoms with van der Waals surface area (Å²) in [4.78, 5) is 16.6. The van der Waals surface area contributed by atoms with Crippen LogP contribution in [0.3, 0.4) is 0 Å². The number of piperazine rings is 1. The number of hydrogen-bond donors (Lipinski definition) is 1. The second-order valence-electron chi connectivity index (χ2n) is 7.02. The molecule has 122 valence electrons. The van der Waals surface area contributed by atoms with Crippen molar-refractivity contribution in [1.82, 2.24) is 9.80 Å². The average Bonchev–Trinajstić information content (AvgIpc) is 2.48. The highest BCUT2D eigenvalue weighted by Gasteiger charge is 2.40. The minimum absolute atomic E-state index is 0.154. The maximum atomic E-state index is 11.7. The number of carbonyl (C=O) groups is 1. The monoisotopic (exact) mass is 296 g/mol. The minimum Gasteiger partial charge on any atom is -0.481 e. The third-order valence-electron chi connectivity index (χ3n) is 5.69. The molecule has 4 heteroatoms. The highest BCUT2D eigenvalue weighted by Crippen LogP contribution is 2.35. The molecule has 1 aliphatic heterocycles. The molecule has 4 nitrogen and oxygen atoms in total. The summed E-state index contributed by atoms with van der Waals surface area (Å²) in [5.41, 5.74) is 0. The van der Waals surface area contributed by atoms with Crippen molar-refractivity contribution in [2.24, 2.45) is 11.8 Å². The summed E-state index contributed by atoms with van der Waals surface area (Å²) in [5.74, 6) is -0.00345. The number of aliphatic carboxylic acids is 1. The molecular weight excluding hydrogens is 264 g/mol. The summed E-state index contributed by atoms with van der Waals surface area (Å²) < 4.78 is 0. The number of carboxylic acids is 1. The molecule has 1 saturated carbocycles. The van der Waals surface area contributed by atoms with E-state index >= 15 is 0 Å². The predicted molar refractivity (Wildman–Crippen MR) is 85.4 cm³/mol. The molecule has 1 N–H and O–H groups in total. The zero-order chi connectivity index (χ0) is 15.4. The highest BCUT2D eigenvalue weighted by molar-refractivity contribution is 5.71. The van der Waals surface area contributed by atoms with Gasteiger partial charge in [0.1, 0.15) is 0 Å². The molecule has 1 aliphatic carbocycles. The molecule has 2 fully saturated rings. The summed E-state index contributed by atoms with van der Waals surface area (Å²) in [6.45, 7) is 7.61. The van der Waals surface area contributed by atoms with Crippen molar-refractivity contribution in [3.63, 3.8) is 0 Å². The Labute approximate surface area is 129 Å². The van der Waals surface area contributed by atoms with E-state index in [1.807, 2.05) is 0 Å². The number of hydrogen-bond acceptors (Lipinski definition) is 3. The fourth-order valence-corrected chi connectivity index (χ4v) is 4.31. The van der Waals surface area contributed by atoms with Crippen molar-refractivity contribution in [3.05, 3.63) is 0 Å². The van der Waals surface area contributed by atoms with Crippen LogP contribution in [0.1, 0.15) is 52.4 Å². The van der Waals surface area contributed by atoms with Gasteiger partial charge in [-0.1, -0.05) is 26.7 Å². The quantitative estimate of drug-likeness (QED) is 0.847. The lowest BCUT2D eigenvalue weighted by molar-refractivity contribution is -0.147. The molecule has 0 spiro atoms. The standard InChI is InChI=1S/C17H32N2O2/c1-4-6-13-7-8-15(17(20)21)16(11-13)19-10-9-18(3)14(5-2)12-19/h13-16H,4-12H2,1-3H3,(H,20,21). The Kier molecular flexibility index (Phi) is 6.06. The fourth-order valence-electron chi connectivity index (χ4n) is 4.31. The topological polar surface area (TPSA) is 43.8 Å². The van der Waals surface area contributed by atoms with Crippen LogP contribution in [-0.2, 0) is 4.79 Å². The van der Waals surface area contributed by atoms with Crippen LogP contribution in [0.2, 0.25) is 0 Å². The van der Waals surface area contributed by atoms with E-state index in [4.69, 9.17) is 0 Å². The Morgan fingerprint density at radius 3 is 2.62 bits per heavy atom. The lowest BCUT2D eigenvalue weighted by Gasteiger charge is -2.47. The molecule has 2 aliphatic rings. The van der Waals surface area contributed by atoms with Crippen molar-refractivity contribution in [2.45, 2.75) is 64.5 Å². The molecule has 0 aromatic carbocycles. The lowest BCUT2D eigenvalue weighted by atomic mass is 9.75. The van der Waals surface area contributed by atoms with E-state index in [-0.39, 0.29) is 12.0 Å². The Morgan fingerprint density at radius 2 is 2.00 bits per heavy atom. The number of likely N-dealkylation sites (N-methyl/N-ethyl adjacent to an activating group) is 1. The van der Waals surface area contributed by atoms with Crippen molar-refractivity contribution in [3.8, 4) is 0 Å². The average molecular weight is 296 g/mol. The number of carboxylic acid groups (broad SMARTS) is 1. The van der Waals surface area contributed by atoms with Crippen LogP contribution < -0.4 is 0 Å². The SMILES string of the molecule is CCCC1CCC(C(=O)O)C(N2CCN(C)C(CC)C2)C1. The van der Waals surface area contributed by atoms with E-state index in [1.54, 1.807) is 0 Å². The molecule has 0 amide bonds. The van der Waals surface area contributed by atoms with Gasteiger partial charge in [0.05, 0.1) is 5.92 Å². The van der Waals surface area contributed by atoms with E-state index in [9.17, 15) is 9.90 Å². The first-order valence-electron chi connectivity index (χ1n) is 8.73. The highest BCUT2D eigenvalue weighted by atomic mass is 16.4. The molecule has 21 heavy (non-hydrogen) atoms. The zero-order valence-corrected chi connectivity index (χ0v) is 13.9. The van der Waals surface area contributed by atoms with Crippen molar-refractivity contribution in [2.75, 3.05) is 26.7 Å². The third-order valence-corrected chi connectivity index (χ3v) is 5.69. The van der Waals surface area contributed by atoms with Gasteiger partial charge in [-0.15, -0.1) is 0 Å². The Bertz CT molecular complexity index is 348. The smallest absolute Gasteiger partial charge is 0.308 e. The minimum atomic E-state index is -0.582. The Balaban J connectivity index is 2.06. The molecule has 1 heterocycles. The van der Waals surface area contributed by atoms with Crippen molar-refractivity contribution < 1.29 is 9.90 Å². The van der Waals surface area contributed by atoms with Crippen LogP contribution in [0, 0.1) is 11.8 Å². The van der Waals surface area contributed by atoms with E-state index in [0.717, 1.165) is 51.2 Å². The van der Waals surface area contributed by atoms with Gasteiger partial charge in [-0.25, -0.2) is 0 Å². The van der Waals surface area contributed by atoms with Crippen LogP contribution in [0.25, 0.3) is 0 Å². The summed E-state index contributed by atoms with van der Waals surface area (Å²) in [7, 11) is 2.20. The van der Waals surface area contributed by atoms with Crippen LogP contribution in [0.4, 0.5) is 0 Å². The summed E-state index contributed by atoms with van der Waals surface area (Å²) in [6, 6.07) is 0.843. The molecule has 2 rings (SSSR count). The van der Waals surface area contributed by atoms with Gasteiger partial charge in [-0.3, -0.25) is 9.69 Å². The number of nitrogens with zero attached hydrogens (tertiary/aromatic N) is 2. The maximum Gasteiger partial charge on any atom is 0.308 e. The molecule has 4 atom stereocenters. The molecule has 0 radical (unpaired) electrons. The van der Waals surface area contributed by atoms with Gasteiger partial charge >= 0.3 is 5.97 Å². The first kappa shape index (κ1) is 16.8. The van der Waals surface area contributed by atoms with E-state index in [1.165, 1.54) is 12.8 Å². The van der Waals surface area contributed by atoms with Gasteiger partial charge < -0.3 is 10.0 Å². The second kappa shape index (κ2) is 7.59. The molecule has 1 saturated heterocycles. The van der Waals surface area contributed by atoms with Crippen LogP contribution in [0.15, 0.2) is 0 Å². The summed E-state index contributed by atoms with van der Waals surface area (Å²) >= 11 is 0. The van der Waals surface area contributed by atoms with Gasteiger partial charge in [0.15, 0.2) is 0 Å². The van der Waals surface area contributed by atoms with Crippen LogP contribution in [0.5, 0.6) is 0 Å². The van der Waals surface area contributed by atoms with E-state index in [0.29, 0.717) is 6.04 Å². The predicted octanol–water partition coefficient (Wildman–Crippen LogP) is 2.68. The van der Waals surface area contributed by atoms with E-state index < -0.39 is 5.97 Å². The van der Waals surface area contributed by atoms with Gasteiger partial charge in [-0.05, 0) is 38.6 Å². The molecule has 0 bridgehead atoms. The molecule has 0 aromatic rings. The molecular formula is C17H32N2O2. The molecule has 0 aromatic heterocycles. The van der Waals surface area contributed by atoms with Crippen molar-refractivity contribution >= 4 is 5.97 Å². The van der Waals surface area contributed by atoms with Gasteiger partial charge in [0, 0.05) is 31.7 Å². The Morgan fingerprint density at radius 1 is 1.24 bits per heavy atom. The first-order valence-corrected chi connectivity index (χ1v) is 8.73. The normalized spacial score (nSPS) is 35.8. The second-order valence-corrected chi connectivity index (χ2v) is 7.02. The molecule has 4 unspecified atom stereocenters. The summed E-state index contributed by atoms with van der Waals surface area (Å²) in [6.07, 6.45) is 6.68. The Hall–Kier alpha value is -0.610. The van der Waals surface area contributed by atoms with Crippen LogP contribution >= 0.6 is 0 Å². The third kappa shape index (κ3) is 3.98. The van der Waals surface area contributed by atoms with Gasteiger partial charge in [-0.2, -0.15) is 0 Å². The largest absolute Gasteiger partial charge is 0.481 e. The first-order chi connectivity index (χ1) is 10.1. The lowest BCUT2D eigenvalue weighted by Crippen LogP contribution is -2.57. The zero-order valence-electron chi connectivity index (χ0n) is 13.9. The fraction of sp³-hybridized carbons (Fsp3) is 0.941. The van der Waals surface area contributed by atoms with Gasteiger partial charge in [0.25, 0.3) is 0 Å². The van der Waals surface area contributed by atoms with E-state index in [2.05, 4.69) is 30.7 Å². The maximum absolute atomic E-state index is 11.7. The van der Waals surface area contributed by atoms with Crippen LogP contribution in [-0.4, -0.2) is 59.6 Å². The summed E-state index contributed by atoms with van der Waals surface area (Å²) in [5, 5.41) is 9.59. The van der Waals surface area contributed by atoms with Gasteiger partial charge in [0.2, 0.25) is 0 Å².